The summed E-state index contributed by atoms with van der Waals surface area (Å²) in [4.78, 5) is 39.4. The van der Waals surface area contributed by atoms with Gasteiger partial charge in [0.1, 0.15) is 5.69 Å². The highest BCUT2D eigenvalue weighted by atomic mass is 32.1. The monoisotopic (exact) mass is 327 g/mol. The number of carbonyl (C=O) groups excluding carboxylic acids is 1. The number of nitrogens with zero attached hydrogens (tertiary/aromatic N) is 3. The Labute approximate surface area is 135 Å². The molecule has 7 nitrogen and oxygen atoms in total. The van der Waals surface area contributed by atoms with Gasteiger partial charge in [0.25, 0.3) is 5.56 Å². The molecule has 1 amide bonds. The molecule has 0 aliphatic rings. The van der Waals surface area contributed by atoms with Crippen LogP contribution in [-0.2, 0) is 11.2 Å². The fraction of sp³-hybridized carbons (Fsp3) is 0.133. The van der Waals surface area contributed by atoms with E-state index in [1.807, 2.05) is 6.07 Å². The third-order valence-electron chi connectivity index (χ3n) is 3.15. The summed E-state index contributed by atoms with van der Waals surface area (Å²) < 4.78 is 0. The molecule has 0 aliphatic heterocycles. The zero-order valence-electron chi connectivity index (χ0n) is 12.2. The maximum absolute atomic E-state index is 12.3. The zero-order chi connectivity index (χ0) is 16.2. The first kappa shape index (κ1) is 15.0. The van der Waals surface area contributed by atoms with Gasteiger partial charge in [-0.05, 0) is 19.1 Å². The summed E-state index contributed by atoms with van der Waals surface area (Å²) in [5.41, 5.74) is 1.07. The molecular weight excluding hydrogens is 314 g/mol. The Morgan fingerprint density at radius 3 is 2.83 bits per heavy atom. The number of aromatic nitrogens is 4. The van der Waals surface area contributed by atoms with Gasteiger partial charge in [0.05, 0.1) is 6.42 Å². The van der Waals surface area contributed by atoms with Crippen molar-refractivity contribution in [1.29, 1.82) is 0 Å². The lowest BCUT2D eigenvalue weighted by atomic mass is 10.1. The third kappa shape index (κ3) is 3.49. The van der Waals surface area contributed by atoms with Crippen molar-refractivity contribution in [2.24, 2.45) is 0 Å². The summed E-state index contributed by atoms with van der Waals surface area (Å²) in [7, 11) is 0. The number of H-pyrrole nitrogens is 1. The number of rotatable bonds is 4. The van der Waals surface area contributed by atoms with Crippen LogP contribution in [0.3, 0.4) is 0 Å². The summed E-state index contributed by atoms with van der Waals surface area (Å²) in [5.74, 6) is 0.0816. The average molecular weight is 327 g/mol. The van der Waals surface area contributed by atoms with Gasteiger partial charge in [-0.25, -0.2) is 9.97 Å². The lowest BCUT2D eigenvalue weighted by Gasteiger charge is -2.07. The topological polar surface area (TPSA) is 101 Å². The molecular formula is C15H13N5O2S. The van der Waals surface area contributed by atoms with E-state index in [1.165, 1.54) is 11.3 Å². The molecule has 8 heteroatoms. The van der Waals surface area contributed by atoms with Crippen molar-refractivity contribution in [1.82, 2.24) is 19.9 Å². The second-order valence-corrected chi connectivity index (χ2v) is 5.65. The maximum atomic E-state index is 12.3. The minimum atomic E-state index is -0.340. The van der Waals surface area contributed by atoms with Crippen molar-refractivity contribution < 1.29 is 4.79 Å². The Kier molecular flexibility index (Phi) is 4.24. The minimum absolute atomic E-state index is 0.0593. The largest absolute Gasteiger partial charge is 0.305 e. The smallest absolute Gasteiger partial charge is 0.255 e. The molecule has 3 rings (SSSR count). The molecule has 116 valence electrons. The van der Waals surface area contributed by atoms with Crippen molar-refractivity contribution in [2.75, 3.05) is 5.32 Å². The highest BCUT2D eigenvalue weighted by Gasteiger charge is 2.14. The lowest BCUT2D eigenvalue weighted by molar-refractivity contribution is -0.115. The summed E-state index contributed by atoms with van der Waals surface area (Å²) in [6.07, 6.45) is 3.16. The van der Waals surface area contributed by atoms with E-state index < -0.39 is 0 Å². The number of hydrogen-bond donors (Lipinski definition) is 2. The molecule has 3 heterocycles. The average Bonchev–Trinajstić information content (AvgIpc) is 3.04. The number of aromatic amines is 1. The number of pyridine rings is 1. The molecule has 0 aromatic carbocycles. The Morgan fingerprint density at radius 1 is 1.30 bits per heavy atom. The van der Waals surface area contributed by atoms with Crippen LogP contribution < -0.4 is 10.9 Å². The molecule has 0 saturated heterocycles. The van der Waals surface area contributed by atoms with Crippen LogP contribution in [0.1, 0.15) is 11.3 Å². The van der Waals surface area contributed by atoms with Gasteiger partial charge in [-0.3, -0.25) is 14.6 Å². The number of aryl methyl sites for hydroxylation is 1. The van der Waals surface area contributed by atoms with Crippen LogP contribution in [0, 0.1) is 6.92 Å². The number of thiazole rings is 1. The summed E-state index contributed by atoms with van der Waals surface area (Å²) in [5, 5.41) is 4.91. The summed E-state index contributed by atoms with van der Waals surface area (Å²) in [6.45, 7) is 1.70. The normalized spacial score (nSPS) is 10.5. The predicted molar refractivity (Wildman–Crippen MR) is 87.3 cm³/mol. The van der Waals surface area contributed by atoms with E-state index in [-0.39, 0.29) is 17.9 Å². The Hall–Kier alpha value is -2.87. The number of amides is 1. The number of anilines is 1. The highest BCUT2D eigenvalue weighted by Crippen LogP contribution is 2.13. The summed E-state index contributed by atoms with van der Waals surface area (Å²) in [6, 6.07) is 5.35. The zero-order valence-corrected chi connectivity index (χ0v) is 13.1. The van der Waals surface area contributed by atoms with E-state index >= 15 is 0 Å². The van der Waals surface area contributed by atoms with Gasteiger partial charge < -0.3 is 10.3 Å². The standard InChI is InChI=1S/C15H13N5O2S/c1-9-10(8-12(21)19-15-17-6-7-23-15)14(22)20-13(18-9)11-4-2-3-5-16-11/h2-7H,8H2,1H3,(H,17,19,21)(H,18,20,22). The van der Waals surface area contributed by atoms with E-state index in [0.717, 1.165) is 0 Å². The van der Waals surface area contributed by atoms with E-state index in [4.69, 9.17) is 0 Å². The number of nitrogens with one attached hydrogen (secondary N) is 2. The van der Waals surface area contributed by atoms with Crippen molar-refractivity contribution >= 4 is 22.4 Å². The molecule has 23 heavy (non-hydrogen) atoms. The van der Waals surface area contributed by atoms with Gasteiger partial charge in [0.15, 0.2) is 11.0 Å². The second kappa shape index (κ2) is 6.49. The van der Waals surface area contributed by atoms with E-state index in [2.05, 4.69) is 25.3 Å². The summed E-state index contributed by atoms with van der Waals surface area (Å²) >= 11 is 1.32. The van der Waals surface area contributed by atoms with Crippen LogP contribution in [0.2, 0.25) is 0 Å². The first-order valence-electron chi connectivity index (χ1n) is 6.84. The Morgan fingerprint density at radius 2 is 2.17 bits per heavy atom. The molecule has 0 saturated carbocycles. The molecule has 3 aromatic rings. The molecule has 0 bridgehead atoms. The quantitative estimate of drug-likeness (QED) is 0.760. The van der Waals surface area contributed by atoms with Crippen LogP contribution >= 0.6 is 11.3 Å². The molecule has 0 atom stereocenters. The molecule has 0 radical (unpaired) electrons. The van der Waals surface area contributed by atoms with Gasteiger partial charge in [0.2, 0.25) is 5.91 Å². The fourth-order valence-corrected chi connectivity index (χ4v) is 2.60. The molecule has 0 spiro atoms. The Bertz CT molecular complexity index is 875. The van der Waals surface area contributed by atoms with E-state index in [9.17, 15) is 9.59 Å². The molecule has 0 fully saturated rings. The van der Waals surface area contributed by atoms with Gasteiger partial charge in [0, 0.05) is 29.0 Å². The second-order valence-electron chi connectivity index (χ2n) is 4.76. The SMILES string of the molecule is Cc1nc(-c2ccccn2)[nH]c(=O)c1CC(=O)Nc1nccs1. The van der Waals surface area contributed by atoms with Crippen molar-refractivity contribution in [3.63, 3.8) is 0 Å². The van der Waals surface area contributed by atoms with E-state index in [1.54, 1.807) is 36.8 Å². The first-order chi connectivity index (χ1) is 11.1. The fourth-order valence-electron chi connectivity index (χ4n) is 2.05. The van der Waals surface area contributed by atoms with Crippen LogP contribution in [0.5, 0.6) is 0 Å². The molecule has 0 unspecified atom stereocenters. The van der Waals surface area contributed by atoms with Crippen molar-refractivity contribution in [3.05, 3.63) is 57.6 Å². The van der Waals surface area contributed by atoms with E-state index in [0.29, 0.717) is 27.9 Å². The molecule has 0 aliphatic carbocycles. The minimum Gasteiger partial charge on any atom is -0.305 e. The van der Waals surface area contributed by atoms with Gasteiger partial charge in [-0.15, -0.1) is 11.3 Å². The Balaban J connectivity index is 1.83. The van der Waals surface area contributed by atoms with Crippen LogP contribution in [-0.4, -0.2) is 25.8 Å². The maximum Gasteiger partial charge on any atom is 0.255 e. The molecule has 3 aromatic heterocycles. The van der Waals surface area contributed by atoms with Gasteiger partial charge in [-0.2, -0.15) is 0 Å². The third-order valence-corrected chi connectivity index (χ3v) is 3.83. The molecule has 2 N–H and O–H groups in total. The van der Waals surface area contributed by atoms with Crippen LogP contribution in [0.15, 0.2) is 40.8 Å². The predicted octanol–water partition coefficient (Wildman–Crippen LogP) is 1.78. The van der Waals surface area contributed by atoms with Crippen LogP contribution in [0.25, 0.3) is 11.5 Å². The first-order valence-corrected chi connectivity index (χ1v) is 7.72. The van der Waals surface area contributed by atoms with Gasteiger partial charge in [-0.1, -0.05) is 6.07 Å². The number of hydrogen-bond acceptors (Lipinski definition) is 6. The number of carbonyl (C=O) groups is 1. The van der Waals surface area contributed by atoms with Crippen molar-refractivity contribution in [3.8, 4) is 11.5 Å². The van der Waals surface area contributed by atoms with Gasteiger partial charge >= 0.3 is 0 Å². The van der Waals surface area contributed by atoms with Crippen LogP contribution in [0.4, 0.5) is 5.13 Å². The van der Waals surface area contributed by atoms with Crippen molar-refractivity contribution in [2.45, 2.75) is 13.3 Å². The highest BCUT2D eigenvalue weighted by molar-refractivity contribution is 7.13. The lowest BCUT2D eigenvalue weighted by Crippen LogP contribution is -2.23.